The van der Waals surface area contributed by atoms with Gasteiger partial charge in [0.05, 0.1) is 7.11 Å². The Kier molecular flexibility index (Phi) is 5.48. The summed E-state index contributed by atoms with van der Waals surface area (Å²) in [6.07, 6.45) is 1.23. The zero-order valence-corrected chi connectivity index (χ0v) is 12.1. The van der Waals surface area contributed by atoms with Crippen LogP contribution in [-0.2, 0) is 9.53 Å². The molecule has 0 fully saturated rings. The molecule has 1 aromatic carbocycles. The Morgan fingerprint density at radius 3 is 2.47 bits per heavy atom. The number of nitrogens with one attached hydrogen (secondary N) is 1. The van der Waals surface area contributed by atoms with Crippen molar-refractivity contribution in [2.45, 2.75) is 26.7 Å². The SMILES string of the molecule is COC(=O)CCCNc1cc(C)c(Br)c(C)c1. The highest BCUT2D eigenvalue weighted by Gasteiger charge is 2.03. The molecule has 0 saturated heterocycles. The second-order valence-corrected chi connectivity index (χ2v) is 4.82. The molecular weight excluding hydrogens is 282 g/mol. The fourth-order valence-electron chi connectivity index (χ4n) is 1.62. The van der Waals surface area contributed by atoms with Crippen LogP contribution in [0.4, 0.5) is 5.69 Å². The Morgan fingerprint density at radius 1 is 1.35 bits per heavy atom. The Bertz CT molecular complexity index is 381. The van der Waals surface area contributed by atoms with Crippen LogP contribution in [0, 0.1) is 13.8 Å². The van der Waals surface area contributed by atoms with E-state index in [0.717, 1.165) is 23.1 Å². The largest absolute Gasteiger partial charge is 0.469 e. The van der Waals surface area contributed by atoms with Gasteiger partial charge in [-0.3, -0.25) is 4.79 Å². The maximum absolute atomic E-state index is 10.9. The molecule has 0 radical (unpaired) electrons. The number of halogens is 1. The quantitative estimate of drug-likeness (QED) is 0.669. The molecule has 17 heavy (non-hydrogen) atoms. The maximum Gasteiger partial charge on any atom is 0.305 e. The molecule has 0 amide bonds. The molecule has 0 aliphatic rings. The van der Waals surface area contributed by atoms with Crippen molar-refractivity contribution in [2.75, 3.05) is 19.0 Å². The van der Waals surface area contributed by atoms with Gasteiger partial charge in [-0.25, -0.2) is 0 Å². The summed E-state index contributed by atoms with van der Waals surface area (Å²) in [4.78, 5) is 10.9. The number of carbonyl (C=O) groups excluding carboxylic acids is 1. The standard InChI is InChI=1S/C13H18BrNO2/c1-9-7-11(8-10(2)13(9)14)15-6-4-5-12(16)17-3/h7-8,15H,4-6H2,1-3H3. The summed E-state index contributed by atoms with van der Waals surface area (Å²) in [6, 6.07) is 4.18. The summed E-state index contributed by atoms with van der Waals surface area (Å²) >= 11 is 3.53. The molecule has 1 aromatic rings. The molecule has 0 atom stereocenters. The van der Waals surface area contributed by atoms with Crippen molar-refractivity contribution in [3.63, 3.8) is 0 Å². The van der Waals surface area contributed by atoms with E-state index < -0.39 is 0 Å². The molecule has 0 spiro atoms. The number of anilines is 1. The van der Waals surface area contributed by atoms with E-state index >= 15 is 0 Å². The van der Waals surface area contributed by atoms with E-state index in [1.807, 2.05) is 0 Å². The van der Waals surface area contributed by atoms with Gasteiger partial charge in [0.2, 0.25) is 0 Å². The monoisotopic (exact) mass is 299 g/mol. The smallest absolute Gasteiger partial charge is 0.305 e. The van der Waals surface area contributed by atoms with Crippen LogP contribution in [0.15, 0.2) is 16.6 Å². The average molecular weight is 300 g/mol. The predicted octanol–water partition coefficient (Wildman–Crippen LogP) is 3.43. The number of ether oxygens (including phenoxy) is 1. The number of carbonyl (C=O) groups is 1. The van der Waals surface area contributed by atoms with Crippen molar-refractivity contribution in [1.29, 1.82) is 0 Å². The molecule has 0 bridgehead atoms. The second kappa shape index (κ2) is 6.64. The van der Waals surface area contributed by atoms with Crippen molar-refractivity contribution >= 4 is 27.6 Å². The summed E-state index contributed by atoms with van der Waals surface area (Å²) in [7, 11) is 1.41. The molecule has 0 saturated carbocycles. The van der Waals surface area contributed by atoms with E-state index in [0.29, 0.717) is 6.42 Å². The third-order valence-electron chi connectivity index (χ3n) is 2.55. The summed E-state index contributed by atoms with van der Waals surface area (Å²) < 4.78 is 5.73. The number of benzene rings is 1. The molecule has 0 aromatic heterocycles. The maximum atomic E-state index is 10.9. The first kappa shape index (κ1) is 14.0. The normalized spacial score (nSPS) is 10.1. The molecule has 0 aliphatic carbocycles. The highest BCUT2D eigenvalue weighted by Crippen LogP contribution is 2.24. The lowest BCUT2D eigenvalue weighted by Gasteiger charge is -2.10. The van der Waals surface area contributed by atoms with E-state index in [1.54, 1.807) is 0 Å². The predicted molar refractivity (Wildman–Crippen MR) is 73.4 cm³/mol. The van der Waals surface area contributed by atoms with E-state index in [-0.39, 0.29) is 5.97 Å². The van der Waals surface area contributed by atoms with Crippen molar-refractivity contribution in [2.24, 2.45) is 0 Å². The number of hydrogen-bond acceptors (Lipinski definition) is 3. The Hall–Kier alpha value is -1.03. The van der Waals surface area contributed by atoms with Crippen LogP contribution >= 0.6 is 15.9 Å². The Balaban J connectivity index is 2.45. The third-order valence-corrected chi connectivity index (χ3v) is 3.80. The topological polar surface area (TPSA) is 38.3 Å². The first-order valence-electron chi connectivity index (χ1n) is 5.62. The zero-order valence-electron chi connectivity index (χ0n) is 10.5. The number of esters is 1. The summed E-state index contributed by atoms with van der Waals surface area (Å²) in [5.74, 6) is -0.157. The van der Waals surface area contributed by atoms with Crippen LogP contribution in [-0.4, -0.2) is 19.6 Å². The molecule has 3 nitrogen and oxygen atoms in total. The van der Waals surface area contributed by atoms with Gasteiger partial charge in [0.25, 0.3) is 0 Å². The highest BCUT2D eigenvalue weighted by molar-refractivity contribution is 9.10. The third kappa shape index (κ3) is 4.38. The molecular formula is C13H18BrNO2. The lowest BCUT2D eigenvalue weighted by atomic mass is 10.1. The molecule has 0 aliphatic heterocycles. The summed E-state index contributed by atoms with van der Waals surface area (Å²) in [6.45, 7) is 4.91. The van der Waals surface area contributed by atoms with Gasteiger partial charge >= 0.3 is 5.97 Å². The van der Waals surface area contributed by atoms with Gasteiger partial charge in [0, 0.05) is 23.1 Å². The average Bonchev–Trinajstić information content (AvgIpc) is 2.31. The summed E-state index contributed by atoms with van der Waals surface area (Å²) in [5, 5.41) is 3.30. The Morgan fingerprint density at radius 2 is 1.94 bits per heavy atom. The van der Waals surface area contributed by atoms with Gasteiger partial charge in [0.1, 0.15) is 0 Å². The lowest BCUT2D eigenvalue weighted by Crippen LogP contribution is -2.06. The number of rotatable bonds is 5. The van der Waals surface area contributed by atoms with Gasteiger partial charge in [-0.15, -0.1) is 0 Å². The van der Waals surface area contributed by atoms with Crippen LogP contribution in [0.1, 0.15) is 24.0 Å². The molecule has 1 rings (SSSR count). The van der Waals surface area contributed by atoms with E-state index in [9.17, 15) is 4.79 Å². The van der Waals surface area contributed by atoms with Crippen LogP contribution in [0.25, 0.3) is 0 Å². The van der Waals surface area contributed by atoms with Crippen LogP contribution in [0.2, 0.25) is 0 Å². The van der Waals surface area contributed by atoms with Gasteiger partial charge in [-0.2, -0.15) is 0 Å². The van der Waals surface area contributed by atoms with Crippen molar-refractivity contribution in [1.82, 2.24) is 0 Å². The van der Waals surface area contributed by atoms with Crippen molar-refractivity contribution in [3.05, 3.63) is 27.7 Å². The van der Waals surface area contributed by atoms with Crippen LogP contribution < -0.4 is 5.32 Å². The van der Waals surface area contributed by atoms with Crippen LogP contribution in [0.5, 0.6) is 0 Å². The van der Waals surface area contributed by atoms with Gasteiger partial charge in [-0.1, -0.05) is 15.9 Å². The second-order valence-electron chi connectivity index (χ2n) is 4.03. The number of hydrogen-bond donors (Lipinski definition) is 1. The van der Waals surface area contributed by atoms with E-state index in [1.165, 1.54) is 18.2 Å². The zero-order chi connectivity index (χ0) is 12.8. The lowest BCUT2D eigenvalue weighted by molar-refractivity contribution is -0.140. The minimum absolute atomic E-state index is 0.157. The summed E-state index contributed by atoms with van der Waals surface area (Å²) in [5.41, 5.74) is 3.51. The van der Waals surface area contributed by atoms with Gasteiger partial charge < -0.3 is 10.1 Å². The van der Waals surface area contributed by atoms with Gasteiger partial charge in [0.15, 0.2) is 0 Å². The van der Waals surface area contributed by atoms with Gasteiger partial charge in [-0.05, 0) is 43.5 Å². The molecule has 4 heteroatoms. The molecule has 0 unspecified atom stereocenters. The minimum atomic E-state index is -0.157. The molecule has 94 valence electrons. The first-order chi connectivity index (χ1) is 8.04. The first-order valence-corrected chi connectivity index (χ1v) is 6.41. The fourth-order valence-corrected chi connectivity index (χ4v) is 1.84. The van der Waals surface area contributed by atoms with Crippen molar-refractivity contribution < 1.29 is 9.53 Å². The number of methoxy groups -OCH3 is 1. The highest BCUT2D eigenvalue weighted by atomic mass is 79.9. The van der Waals surface area contributed by atoms with Crippen molar-refractivity contribution in [3.8, 4) is 0 Å². The Labute approximate surface area is 111 Å². The van der Waals surface area contributed by atoms with E-state index in [4.69, 9.17) is 0 Å². The number of aryl methyl sites for hydroxylation is 2. The fraction of sp³-hybridized carbons (Fsp3) is 0.462. The molecule has 0 heterocycles. The van der Waals surface area contributed by atoms with E-state index in [2.05, 4.69) is 52.0 Å². The van der Waals surface area contributed by atoms with Crippen LogP contribution in [0.3, 0.4) is 0 Å². The molecule has 1 N–H and O–H groups in total. The minimum Gasteiger partial charge on any atom is -0.469 e.